The molecule has 1 unspecified atom stereocenters. The van der Waals surface area contributed by atoms with E-state index < -0.39 is 12.1 Å². The first-order valence-corrected chi connectivity index (χ1v) is 4.98. The van der Waals surface area contributed by atoms with E-state index in [2.05, 4.69) is 20.7 Å². The van der Waals surface area contributed by atoms with Crippen molar-refractivity contribution < 1.29 is 19.4 Å². The zero-order chi connectivity index (χ0) is 11.4. The second-order valence-electron chi connectivity index (χ2n) is 2.81. The topological polar surface area (TPSA) is 55.8 Å². The maximum atomic E-state index is 11.1. The largest absolute Gasteiger partial charge is 0.496 e. The summed E-state index contributed by atoms with van der Waals surface area (Å²) in [6.07, 6.45) is -1.33. The van der Waals surface area contributed by atoms with Crippen molar-refractivity contribution in [3.8, 4) is 5.75 Å². The fraction of sp³-hybridized carbons (Fsp3) is 0.300. The zero-order valence-corrected chi connectivity index (χ0v) is 9.95. The highest BCUT2D eigenvalue weighted by atomic mass is 79.9. The van der Waals surface area contributed by atoms with E-state index in [1.165, 1.54) is 14.2 Å². The van der Waals surface area contributed by atoms with Crippen LogP contribution in [0.15, 0.2) is 22.7 Å². The summed E-state index contributed by atoms with van der Waals surface area (Å²) in [5, 5.41) is 9.65. The molecule has 0 saturated carbocycles. The van der Waals surface area contributed by atoms with Gasteiger partial charge < -0.3 is 14.6 Å². The van der Waals surface area contributed by atoms with E-state index >= 15 is 0 Å². The van der Waals surface area contributed by atoms with Crippen molar-refractivity contribution in [1.29, 1.82) is 0 Å². The van der Waals surface area contributed by atoms with Crippen LogP contribution in [-0.4, -0.2) is 25.3 Å². The lowest BCUT2D eigenvalue weighted by molar-refractivity contribution is -0.150. The van der Waals surface area contributed by atoms with Crippen LogP contribution in [0.1, 0.15) is 11.7 Å². The molecule has 0 radical (unpaired) electrons. The highest BCUT2D eigenvalue weighted by molar-refractivity contribution is 9.10. The number of hydrogen-bond donors (Lipinski definition) is 1. The van der Waals surface area contributed by atoms with Crippen LogP contribution in [0.25, 0.3) is 0 Å². The van der Waals surface area contributed by atoms with Gasteiger partial charge in [0, 0.05) is 10.0 Å². The van der Waals surface area contributed by atoms with Crippen LogP contribution < -0.4 is 4.74 Å². The molecule has 1 aromatic carbocycles. The summed E-state index contributed by atoms with van der Waals surface area (Å²) in [6.45, 7) is 0. The first-order chi connectivity index (χ1) is 7.10. The minimum absolute atomic E-state index is 0.374. The molecule has 0 amide bonds. The smallest absolute Gasteiger partial charge is 0.339 e. The number of esters is 1. The van der Waals surface area contributed by atoms with Gasteiger partial charge in [0.2, 0.25) is 0 Å². The van der Waals surface area contributed by atoms with Crippen LogP contribution in [0, 0.1) is 0 Å². The highest BCUT2D eigenvalue weighted by Crippen LogP contribution is 2.28. The van der Waals surface area contributed by atoms with Crippen molar-refractivity contribution >= 4 is 21.9 Å². The fourth-order valence-electron chi connectivity index (χ4n) is 1.16. The normalized spacial score (nSPS) is 12.0. The summed E-state index contributed by atoms with van der Waals surface area (Å²) in [7, 11) is 2.69. The summed E-state index contributed by atoms with van der Waals surface area (Å²) in [6, 6.07) is 5.03. The molecule has 0 aliphatic carbocycles. The highest BCUT2D eigenvalue weighted by Gasteiger charge is 2.21. The van der Waals surface area contributed by atoms with Crippen molar-refractivity contribution in [3.05, 3.63) is 28.2 Å². The lowest BCUT2D eigenvalue weighted by Gasteiger charge is -2.13. The third kappa shape index (κ3) is 2.70. The van der Waals surface area contributed by atoms with Crippen LogP contribution in [0.5, 0.6) is 5.75 Å². The van der Waals surface area contributed by atoms with Gasteiger partial charge >= 0.3 is 5.97 Å². The number of hydrogen-bond acceptors (Lipinski definition) is 4. The number of carbonyl (C=O) groups is 1. The van der Waals surface area contributed by atoms with Crippen molar-refractivity contribution in [3.63, 3.8) is 0 Å². The van der Waals surface area contributed by atoms with E-state index in [9.17, 15) is 9.90 Å². The Kier molecular flexibility index (Phi) is 4.11. The van der Waals surface area contributed by atoms with Gasteiger partial charge in [0.25, 0.3) is 0 Å². The van der Waals surface area contributed by atoms with E-state index in [1.807, 2.05) is 0 Å². The predicted octanol–water partition coefficient (Wildman–Crippen LogP) is 1.66. The molecule has 1 rings (SSSR count). The third-order valence-corrected chi connectivity index (χ3v) is 2.40. The first-order valence-electron chi connectivity index (χ1n) is 4.19. The number of methoxy groups -OCH3 is 2. The van der Waals surface area contributed by atoms with Crippen LogP contribution >= 0.6 is 15.9 Å². The first kappa shape index (κ1) is 12.0. The Balaban J connectivity index is 3.10. The zero-order valence-electron chi connectivity index (χ0n) is 8.36. The molecule has 0 saturated heterocycles. The molecule has 82 valence electrons. The molecule has 0 aromatic heterocycles. The average molecular weight is 275 g/mol. The molecule has 0 bridgehead atoms. The fourth-order valence-corrected chi connectivity index (χ4v) is 1.54. The minimum atomic E-state index is -1.33. The Morgan fingerprint density at radius 1 is 1.47 bits per heavy atom. The number of halogens is 1. The van der Waals surface area contributed by atoms with Crippen LogP contribution in [0.4, 0.5) is 0 Å². The molecule has 1 N–H and O–H groups in total. The van der Waals surface area contributed by atoms with Gasteiger partial charge in [0.05, 0.1) is 14.2 Å². The molecule has 0 aliphatic rings. The number of aliphatic hydroxyl groups is 1. The number of benzene rings is 1. The van der Waals surface area contributed by atoms with Crippen molar-refractivity contribution in [1.82, 2.24) is 0 Å². The molecule has 4 nitrogen and oxygen atoms in total. The number of rotatable bonds is 3. The molecule has 1 atom stereocenters. The maximum absolute atomic E-state index is 11.1. The lowest BCUT2D eigenvalue weighted by atomic mass is 10.1. The second kappa shape index (κ2) is 5.14. The van der Waals surface area contributed by atoms with Gasteiger partial charge in [-0.15, -0.1) is 0 Å². The number of ether oxygens (including phenoxy) is 2. The molecular weight excluding hydrogens is 264 g/mol. The molecule has 5 heteroatoms. The SMILES string of the molecule is COC(=O)C(O)c1cc(Br)ccc1OC. The monoisotopic (exact) mass is 274 g/mol. The predicted molar refractivity (Wildman–Crippen MR) is 57.7 cm³/mol. The Hall–Kier alpha value is -1.07. The van der Waals surface area contributed by atoms with Crippen molar-refractivity contribution in [2.75, 3.05) is 14.2 Å². The Bertz CT molecular complexity index is 364. The van der Waals surface area contributed by atoms with Gasteiger partial charge in [0.15, 0.2) is 6.10 Å². The average Bonchev–Trinajstić information content (AvgIpc) is 2.27. The van der Waals surface area contributed by atoms with Gasteiger partial charge in [-0.25, -0.2) is 4.79 Å². The summed E-state index contributed by atoms with van der Waals surface area (Å²) < 4.78 is 10.2. The summed E-state index contributed by atoms with van der Waals surface area (Å²) >= 11 is 3.25. The molecule has 0 fully saturated rings. The molecule has 1 aromatic rings. The van der Waals surface area contributed by atoms with Gasteiger partial charge in [-0.1, -0.05) is 15.9 Å². The Morgan fingerprint density at radius 2 is 2.13 bits per heavy atom. The Morgan fingerprint density at radius 3 is 2.67 bits per heavy atom. The molecule has 0 aliphatic heterocycles. The molecule has 0 heterocycles. The third-order valence-electron chi connectivity index (χ3n) is 1.91. The van der Waals surface area contributed by atoms with Gasteiger partial charge in [0.1, 0.15) is 5.75 Å². The summed E-state index contributed by atoms with van der Waals surface area (Å²) in [5.74, 6) is -0.275. The van der Waals surface area contributed by atoms with Gasteiger partial charge in [-0.05, 0) is 18.2 Å². The van der Waals surface area contributed by atoms with E-state index in [4.69, 9.17) is 4.74 Å². The Labute approximate surface area is 95.9 Å². The summed E-state index contributed by atoms with van der Waals surface area (Å²) in [4.78, 5) is 11.1. The van der Waals surface area contributed by atoms with Crippen molar-refractivity contribution in [2.24, 2.45) is 0 Å². The van der Waals surface area contributed by atoms with Gasteiger partial charge in [-0.3, -0.25) is 0 Å². The summed E-state index contributed by atoms with van der Waals surface area (Å²) in [5.41, 5.74) is 0.374. The molecule has 15 heavy (non-hydrogen) atoms. The van der Waals surface area contributed by atoms with Gasteiger partial charge in [-0.2, -0.15) is 0 Å². The number of aliphatic hydroxyl groups excluding tert-OH is 1. The van der Waals surface area contributed by atoms with Crippen LogP contribution in [0.3, 0.4) is 0 Å². The van der Waals surface area contributed by atoms with Crippen molar-refractivity contribution in [2.45, 2.75) is 6.10 Å². The quantitative estimate of drug-likeness (QED) is 0.852. The van der Waals surface area contributed by atoms with Crippen LogP contribution in [-0.2, 0) is 9.53 Å². The maximum Gasteiger partial charge on any atom is 0.339 e. The van der Waals surface area contributed by atoms with E-state index in [1.54, 1.807) is 18.2 Å². The van der Waals surface area contributed by atoms with Crippen LogP contribution in [0.2, 0.25) is 0 Å². The molecular formula is C10H11BrO4. The minimum Gasteiger partial charge on any atom is -0.496 e. The van der Waals surface area contributed by atoms with E-state index in [0.717, 1.165) is 4.47 Å². The number of carbonyl (C=O) groups excluding carboxylic acids is 1. The second-order valence-corrected chi connectivity index (χ2v) is 3.73. The standard InChI is InChI=1S/C10H11BrO4/c1-14-8-4-3-6(11)5-7(8)9(12)10(13)15-2/h3-5,9,12H,1-2H3. The molecule has 0 spiro atoms. The van der Waals surface area contributed by atoms with E-state index in [-0.39, 0.29) is 0 Å². The van der Waals surface area contributed by atoms with E-state index in [0.29, 0.717) is 11.3 Å². The lowest BCUT2D eigenvalue weighted by Crippen LogP contribution is -2.14.